The molecule has 1 fully saturated rings. The van der Waals surface area contributed by atoms with Crippen LogP contribution in [0.25, 0.3) is 0 Å². The molecule has 0 spiro atoms. The third-order valence-corrected chi connectivity index (χ3v) is 5.47. The molecule has 1 heterocycles. The Balaban J connectivity index is 1.93. The van der Waals surface area contributed by atoms with Crippen LogP contribution in [0.1, 0.15) is 50.4 Å². The number of hydrogen-bond acceptors (Lipinski definition) is 2. The third-order valence-electron chi connectivity index (χ3n) is 3.59. The van der Waals surface area contributed by atoms with Gasteiger partial charge in [-0.25, -0.2) is 0 Å². The topological polar surface area (TPSA) is 12.0 Å². The predicted octanol–water partition coefficient (Wildman–Crippen LogP) is 4.74. The minimum absolute atomic E-state index is 0.488. The van der Waals surface area contributed by atoms with Crippen LogP contribution in [0.3, 0.4) is 0 Å². The number of nitrogens with one attached hydrogen (secondary N) is 1. The highest BCUT2D eigenvalue weighted by molar-refractivity contribution is 9.10. The van der Waals surface area contributed by atoms with E-state index < -0.39 is 0 Å². The molecule has 3 atom stereocenters. The summed E-state index contributed by atoms with van der Waals surface area (Å²) in [6, 6.07) is 3.43. The molecular weight excluding hydrogens is 282 g/mol. The molecule has 0 aromatic carbocycles. The van der Waals surface area contributed by atoms with Crippen LogP contribution < -0.4 is 5.32 Å². The maximum absolute atomic E-state index is 3.79. The van der Waals surface area contributed by atoms with Gasteiger partial charge in [-0.2, -0.15) is 0 Å². The number of hydrogen-bond donors (Lipinski definition) is 1. The van der Waals surface area contributed by atoms with Crippen LogP contribution in [0, 0.1) is 5.92 Å². The van der Waals surface area contributed by atoms with Gasteiger partial charge in [-0.3, -0.25) is 0 Å². The van der Waals surface area contributed by atoms with Crippen LogP contribution >= 0.6 is 27.3 Å². The first-order chi connectivity index (χ1) is 7.66. The fourth-order valence-electron chi connectivity index (χ4n) is 2.52. The van der Waals surface area contributed by atoms with E-state index in [-0.39, 0.29) is 0 Å². The van der Waals surface area contributed by atoms with Gasteiger partial charge in [0.15, 0.2) is 0 Å². The lowest BCUT2D eigenvalue weighted by atomic mass is 9.85. The second kappa shape index (κ2) is 5.65. The summed E-state index contributed by atoms with van der Waals surface area (Å²) in [6.07, 6.45) is 5.54. The summed E-state index contributed by atoms with van der Waals surface area (Å²) in [5, 5.41) is 5.95. The van der Waals surface area contributed by atoms with E-state index in [4.69, 9.17) is 0 Å². The number of thiophene rings is 1. The summed E-state index contributed by atoms with van der Waals surface area (Å²) in [4.78, 5) is 1.43. The molecule has 0 saturated heterocycles. The van der Waals surface area contributed by atoms with Crippen molar-refractivity contribution >= 4 is 27.3 Å². The molecule has 1 N–H and O–H groups in total. The van der Waals surface area contributed by atoms with E-state index in [9.17, 15) is 0 Å². The predicted molar refractivity (Wildman–Crippen MR) is 75.0 cm³/mol. The van der Waals surface area contributed by atoms with E-state index in [1.807, 2.05) is 11.3 Å². The molecular formula is C13H20BrNS. The summed E-state index contributed by atoms with van der Waals surface area (Å²) in [5.41, 5.74) is 0. The van der Waals surface area contributed by atoms with Gasteiger partial charge >= 0.3 is 0 Å². The van der Waals surface area contributed by atoms with Crippen LogP contribution in [0.2, 0.25) is 0 Å². The minimum Gasteiger partial charge on any atom is -0.306 e. The van der Waals surface area contributed by atoms with Crippen molar-refractivity contribution in [2.24, 2.45) is 5.92 Å². The van der Waals surface area contributed by atoms with Crippen molar-refractivity contribution in [2.75, 3.05) is 0 Å². The van der Waals surface area contributed by atoms with Crippen molar-refractivity contribution in [3.05, 3.63) is 20.8 Å². The maximum Gasteiger partial charge on any atom is 0.0388 e. The summed E-state index contributed by atoms with van der Waals surface area (Å²) in [6.45, 7) is 4.66. The zero-order chi connectivity index (χ0) is 11.5. The van der Waals surface area contributed by atoms with Gasteiger partial charge in [0.25, 0.3) is 0 Å². The van der Waals surface area contributed by atoms with Gasteiger partial charge in [-0.05, 0) is 47.7 Å². The van der Waals surface area contributed by atoms with Crippen LogP contribution in [-0.4, -0.2) is 6.04 Å². The Kier molecular flexibility index (Phi) is 4.45. The molecule has 1 aromatic rings. The molecule has 90 valence electrons. The summed E-state index contributed by atoms with van der Waals surface area (Å²) < 4.78 is 1.21. The van der Waals surface area contributed by atoms with Crippen molar-refractivity contribution in [1.29, 1.82) is 0 Å². The number of halogens is 1. The normalized spacial score (nSPS) is 27.9. The quantitative estimate of drug-likeness (QED) is 0.850. The lowest BCUT2D eigenvalue weighted by Gasteiger charge is -2.32. The molecule has 0 amide bonds. The zero-order valence-electron chi connectivity index (χ0n) is 10.0. The van der Waals surface area contributed by atoms with E-state index in [1.54, 1.807) is 0 Å². The molecule has 0 radical (unpaired) electrons. The van der Waals surface area contributed by atoms with E-state index in [2.05, 4.69) is 46.5 Å². The average Bonchev–Trinajstić information content (AvgIpc) is 2.68. The highest BCUT2D eigenvalue weighted by Crippen LogP contribution is 2.29. The lowest BCUT2D eigenvalue weighted by molar-refractivity contribution is 0.264. The second-order valence-electron chi connectivity index (χ2n) is 4.92. The molecule has 1 nitrogen and oxygen atoms in total. The van der Waals surface area contributed by atoms with Crippen molar-refractivity contribution in [1.82, 2.24) is 5.32 Å². The number of rotatable bonds is 3. The smallest absolute Gasteiger partial charge is 0.0388 e. The first kappa shape index (κ1) is 12.6. The first-order valence-electron chi connectivity index (χ1n) is 6.17. The molecule has 3 heteroatoms. The van der Waals surface area contributed by atoms with Crippen molar-refractivity contribution in [3.8, 4) is 0 Å². The van der Waals surface area contributed by atoms with Crippen molar-refractivity contribution in [3.63, 3.8) is 0 Å². The van der Waals surface area contributed by atoms with Crippen LogP contribution in [0.4, 0.5) is 0 Å². The van der Waals surface area contributed by atoms with Gasteiger partial charge in [0, 0.05) is 26.8 Å². The molecule has 0 aliphatic heterocycles. The summed E-state index contributed by atoms with van der Waals surface area (Å²) in [7, 11) is 0. The second-order valence-corrected chi connectivity index (χ2v) is 6.78. The Hall–Kier alpha value is 0.140. The maximum atomic E-state index is 3.79. The van der Waals surface area contributed by atoms with E-state index in [0.717, 1.165) is 5.92 Å². The highest BCUT2D eigenvalue weighted by Gasteiger charge is 2.23. The fourth-order valence-corrected chi connectivity index (χ4v) is 3.98. The van der Waals surface area contributed by atoms with Gasteiger partial charge in [-0.1, -0.05) is 19.8 Å². The average molecular weight is 302 g/mol. The Labute approximate surface area is 111 Å². The Morgan fingerprint density at radius 3 is 2.81 bits per heavy atom. The third kappa shape index (κ3) is 3.08. The molecule has 3 unspecified atom stereocenters. The summed E-state index contributed by atoms with van der Waals surface area (Å²) >= 11 is 5.36. The SMILES string of the molecule is CC(NC1CCCCC1C)c1cc(Br)cs1. The molecule has 0 bridgehead atoms. The van der Waals surface area contributed by atoms with Gasteiger partial charge in [0.05, 0.1) is 0 Å². The largest absolute Gasteiger partial charge is 0.306 e. The Morgan fingerprint density at radius 1 is 1.44 bits per heavy atom. The molecule has 1 aliphatic rings. The van der Waals surface area contributed by atoms with Gasteiger partial charge in [0.2, 0.25) is 0 Å². The van der Waals surface area contributed by atoms with Crippen molar-refractivity contribution in [2.45, 2.75) is 51.6 Å². The van der Waals surface area contributed by atoms with Gasteiger partial charge in [-0.15, -0.1) is 11.3 Å². The molecule has 1 aliphatic carbocycles. The molecule has 2 rings (SSSR count). The Morgan fingerprint density at radius 2 is 2.19 bits per heavy atom. The fraction of sp³-hybridized carbons (Fsp3) is 0.692. The van der Waals surface area contributed by atoms with Crippen LogP contribution in [0.15, 0.2) is 15.9 Å². The van der Waals surface area contributed by atoms with Crippen LogP contribution in [-0.2, 0) is 0 Å². The van der Waals surface area contributed by atoms with Gasteiger partial charge in [0.1, 0.15) is 0 Å². The summed E-state index contributed by atoms with van der Waals surface area (Å²) in [5.74, 6) is 0.833. The van der Waals surface area contributed by atoms with Crippen LogP contribution in [0.5, 0.6) is 0 Å². The molecule has 16 heavy (non-hydrogen) atoms. The first-order valence-corrected chi connectivity index (χ1v) is 7.84. The highest BCUT2D eigenvalue weighted by atomic mass is 79.9. The Bertz CT molecular complexity index is 336. The molecule has 1 saturated carbocycles. The molecule has 1 aromatic heterocycles. The zero-order valence-corrected chi connectivity index (χ0v) is 12.4. The van der Waals surface area contributed by atoms with Gasteiger partial charge < -0.3 is 5.32 Å². The van der Waals surface area contributed by atoms with Crippen molar-refractivity contribution < 1.29 is 0 Å². The standard InChI is InChI=1S/C13H20BrNS/c1-9-5-3-4-6-12(9)15-10(2)13-7-11(14)8-16-13/h7-10,12,15H,3-6H2,1-2H3. The lowest BCUT2D eigenvalue weighted by Crippen LogP contribution is -2.38. The van der Waals surface area contributed by atoms with E-state index in [1.165, 1.54) is 35.0 Å². The minimum atomic E-state index is 0.488. The van der Waals surface area contributed by atoms with E-state index in [0.29, 0.717) is 12.1 Å². The van der Waals surface area contributed by atoms with E-state index >= 15 is 0 Å². The monoisotopic (exact) mass is 301 g/mol.